The van der Waals surface area contributed by atoms with Crippen LogP contribution in [0.2, 0.25) is 0 Å². The lowest BCUT2D eigenvalue weighted by atomic mass is 10.1. The standard InChI is InChI=1S/C10H19NO3/c1-4-8(9(13)14)5-6-11-10(2,3)7-12/h5,11-12H,4,6-7H2,1-3H3,(H,13,14). The van der Waals surface area contributed by atoms with Crippen LogP contribution in [0, 0.1) is 0 Å². The van der Waals surface area contributed by atoms with Crippen molar-refractivity contribution in [2.45, 2.75) is 32.7 Å². The maximum atomic E-state index is 10.6. The van der Waals surface area contributed by atoms with Crippen LogP contribution in [-0.4, -0.2) is 34.9 Å². The molecule has 0 aliphatic rings. The van der Waals surface area contributed by atoms with Gasteiger partial charge in [-0.2, -0.15) is 0 Å². The van der Waals surface area contributed by atoms with Crippen molar-refractivity contribution in [1.82, 2.24) is 5.32 Å². The van der Waals surface area contributed by atoms with Gasteiger partial charge in [-0.15, -0.1) is 0 Å². The number of rotatable bonds is 6. The molecule has 0 bridgehead atoms. The molecule has 0 saturated heterocycles. The Hall–Kier alpha value is -0.870. The van der Waals surface area contributed by atoms with Crippen LogP contribution >= 0.6 is 0 Å². The first kappa shape index (κ1) is 13.1. The smallest absolute Gasteiger partial charge is 0.331 e. The molecule has 0 aliphatic heterocycles. The first-order valence-electron chi connectivity index (χ1n) is 4.71. The molecule has 4 heteroatoms. The lowest BCUT2D eigenvalue weighted by molar-refractivity contribution is -0.132. The summed E-state index contributed by atoms with van der Waals surface area (Å²) < 4.78 is 0. The van der Waals surface area contributed by atoms with Gasteiger partial charge in [-0.1, -0.05) is 13.0 Å². The van der Waals surface area contributed by atoms with E-state index in [4.69, 9.17) is 10.2 Å². The predicted octanol–water partition coefficient (Wildman–Crippen LogP) is 0.768. The summed E-state index contributed by atoms with van der Waals surface area (Å²) in [5, 5.41) is 20.7. The van der Waals surface area contributed by atoms with Crippen molar-refractivity contribution in [2.24, 2.45) is 0 Å². The molecule has 0 radical (unpaired) electrons. The number of carboxylic acids is 1. The number of aliphatic carboxylic acids is 1. The van der Waals surface area contributed by atoms with Crippen LogP contribution in [0.1, 0.15) is 27.2 Å². The van der Waals surface area contributed by atoms with Crippen molar-refractivity contribution in [3.8, 4) is 0 Å². The van der Waals surface area contributed by atoms with E-state index >= 15 is 0 Å². The number of aliphatic hydroxyl groups excluding tert-OH is 1. The molecule has 0 atom stereocenters. The molecule has 0 rings (SSSR count). The molecule has 0 heterocycles. The Bertz CT molecular complexity index is 221. The summed E-state index contributed by atoms with van der Waals surface area (Å²) >= 11 is 0. The molecule has 4 nitrogen and oxygen atoms in total. The summed E-state index contributed by atoms with van der Waals surface area (Å²) in [5.41, 5.74) is 0.0275. The van der Waals surface area contributed by atoms with Gasteiger partial charge >= 0.3 is 5.97 Å². The van der Waals surface area contributed by atoms with Crippen LogP contribution < -0.4 is 5.32 Å². The normalized spacial score (nSPS) is 13.0. The second-order valence-electron chi connectivity index (χ2n) is 3.81. The van der Waals surface area contributed by atoms with Gasteiger partial charge in [-0.25, -0.2) is 4.79 Å². The number of nitrogens with one attached hydrogen (secondary N) is 1. The van der Waals surface area contributed by atoms with Gasteiger partial charge in [0.05, 0.1) is 6.61 Å². The van der Waals surface area contributed by atoms with Gasteiger partial charge < -0.3 is 15.5 Å². The van der Waals surface area contributed by atoms with Crippen LogP contribution in [0.5, 0.6) is 0 Å². The molecule has 82 valence electrons. The summed E-state index contributed by atoms with van der Waals surface area (Å²) in [6.07, 6.45) is 2.15. The average molecular weight is 201 g/mol. The maximum absolute atomic E-state index is 10.6. The fourth-order valence-corrected chi connectivity index (χ4v) is 0.889. The monoisotopic (exact) mass is 201 g/mol. The summed E-state index contributed by atoms with van der Waals surface area (Å²) in [6, 6.07) is 0. The summed E-state index contributed by atoms with van der Waals surface area (Å²) in [4.78, 5) is 10.6. The van der Waals surface area contributed by atoms with Crippen LogP contribution in [-0.2, 0) is 4.79 Å². The maximum Gasteiger partial charge on any atom is 0.331 e. The summed E-state index contributed by atoms with van der Waals surface area (Å²) in [6.45, 7) is 6.00. The molecule has 0 amide bonds. The number of carboxylic acid groups (broad SMARTS) is 1. The van der Waals surface area contributed by atoms with Gasteiger partial charge in [0.15, 0.2) is 0 Å². The first-order chi connectivity index (χ1) is 6.43. The van der Waals surface area contributed by atoms with Crippen molar-refractivity contribution in [2.75, 3.05) is 13.2 Å². The van der Waals surface area contributed by atoms with Crippen LogP contribution in [0.25, 0.3) is 0 Å². The van der Waals surface area contributed by atoms with Crippen molar-refractivity contribution in [3.05, 3.63) is 11.6 Å². The van der Waals surface area contributed by atoms with Gasteiger partial charge in [0.1, 0.15) is 0 Å². The minimum Gasteiger partial charge on any atom is -0.478 e. The minimum atomic E-state index is -0.879. The molecule has 0 unspecified atom stereocenters. The lowest BCUT2D eigenvalue weighted by Crippen LogP contribution is -2.42. The summed E-state index contributed by atoms with van der Waals surface area (Å²) in [5.74, 6) is -0.879. The number of aliphatic hydroxyl groups is 1. The SMILES string of the molecule is CCC(=CCNC(C)(C)CO)C(=O)O. The van der Waals surface area contributed by atoms with Gasteiger partial charge in [-0.3, -0.25) is 0 Å². The van der Waals surface area contributed by atoms with E-state index in [-0.39, 0.29) is 12.1 Å². The predicted molar refractivity (Wildman–Crippen MR) is 55.2 cm³/mol. The Morgan fingerprint density at radius 3 is 2.43 bits per heavy atom. The average Bonchev–Trinajstić information content (AvgIpc) is 2.12. The van der Waals surface area contributed by atoms with Crippen molar-refractivity contribution < 1.29 is 15.0 Å². The Balaban J connectivity index is 4.09. The molecular weight excluding hydrogens is 182 g/mol. The Morgan fingerprint density at radius 1 is 1.50 bits per heavy atom. The van der Waals surface area contributed by atoms with Crippen LogP contribution in [0.15, 0.2) is 11.6 Å². The van der Waals surface area contributed by atoms with Crippen LogP contribution in [0.3, 0.4) is 0 Å². The van der Waals surface area contributed by atoms with Crippen molar-refractivity contribution >= 4 is 5.97 Å². The molecule has 0 aromatic rings. The van der Waals surface area contributed by atoms with Gasteiger partial charge in [0, 0.05) is 17.7 Å². The van der Waals surface area contributed by atoms with Gasteiger partial charge in [-0.05, 0) is 20.3 Å². The zero-order valence-electron chi connectivity index (χ0n) is 9.00. The molecule has 0 aliphatic carbocycles. The topological polar surface area (TPSA) is 69.6 Å². The molecule has 0 aromatic heterocycles. The Kier molecular flexibility index (Phi) is 5.42. The van der Waals surface area contributed by atoms with E-state index < -0.39 is 5.97 Å². The minimum absolute atomic E-state index is 0.0232. The fourth-order valence-electron chi connectivity index (χ4n) is 0.889. The third-order valence-electron chi connectivity index (χ3n) is 1.98. The molecule has 0 saturated carbocycles. The van der Waals surface area contributed by atoms with Crippen LogP contribution in [0.4, 0.5) is 0 Å². The van der Waals surface area contributed by atoms with Crippen molar-refractivity contribution in [3.63, 3.8) is 0 Å². The highest BCUT2D eigenvalue weighted by Gasteiger charge is 2.14. The van der Waals surface area contributed by atoms with Crippen molar-refractivity contribution in [1.29, 1.82) is 0 Å². The highest BCUT2D eigenvalue weighted by atomic mass is 16.4. The van der Waals surface area contributed by atoms with E-state index in [1.165, 1.54) is 0 Å². The third-order valence-corrected chi connectivity index (χ3v) is 1.98. The van der Waals surface area contributed by atoms with E-state index in [1.54, 1.807) is 13.0 Å². The molecule has 0 aromatic carbocycles. The van der Waals surface area contributed by atoms with E-state index in [2.05, 4.69) is 5.32 Å². The quantitative estimate of drug-likeness (QED) is 0.555. The highest BCUT2D eigenvalue weighted by Crippen LogP contribution is 2.02. The van der Waals surface area contributed by atoms with Gasteiger partial charge in [0.2, 0.25) is 0 Å². The molecular formula is C10H19NO3. The Labute approximate surface area is 84.6 Å². The Morgan fingerprint density at radius 2 is 2.07 bits per heavy atom. The highest BCUT2D eigenvalue weighted by molar-refractivity contribution is 5.86. The largest absolute Gasteiger partial charge is 0.478 e. The molecule has 0 spiro atoms. The second-order valence-corrected chi connectivity index (χ2v) is 3.81. The summed E-state index contributed by atoms with van der Waals surface area (Å²) in [7, 11) is 0. The fraction of sp³-hybridized carbons (Fsp3) is 0.700. The molecule has 3 N–H and O–H groups in total. The number of carbonyl (C=O) groups is 1. The zero-order valence-corrected chi connectivity index (χ0v) is 9.00. The van der Waals surface area contributed by atoms with E-state index in [9.17, 15) is 4.79 Å². The van der Waals surface area contributed by atoms with E-state index in [0.29, 0.717) is 18.5 Å². The molecule has 14 heavy (non-hydrogen) atoms. The van der Waals surface area contributed by atoms with Gasteiger partial charge in [0.25, 0.3) is 0 Å². The first-order valence-corrected chi connectivity index (χ1v) is 4.71. The number of hydrogen-bond donors (Lipinski definition) is 3. The second kappa shape index (κ2) is 5.78. The van der Waals surface area contributed by atoms with E-state index in [0.717, 1.165) is 0 Å². The lowest BCUT2D eigenvalue weighted by Gasteiger charge is -2.22. The number of hydrogen-bond acceptors (Lipinski definition) is 3. The molecule has 0 fully saturated rings. The third kappa shape index (κ3) is 4.99. The van der Waals surface area contributed by atoms with E-state index in [1.807, 2.05) is 13.8 Å². The zero-order chi connectivity index (χ0) is 11.2.